The summed E-state index contributed by atoms with van der Waals surface area (Å²) >= 11 is 2.84. The minimum absolute atomic E-state index is 0.0254. The van der Waals surface area contributed by atoms with E-state index in [0.717, 1.165) is 25.1 Å². The number of piperidine rings is 3. The number of imide groups is 5. The molecule has 3 aromatic carbocycles. The molecule has 0 bridgehead atoms. The first-order chi connectivity index (χ1) is 38.9. The second-order valence-electron chi connectivity index (χ2n) is 19.4. The molecule has 12 amide bonds. The summed E-state index contributed by atoms with van der Waals surface area (Å²) in [5.74, 6) is -6.08. The van der Waals surface area contributed by atoms with Crippen LogP contribution in [0.2, 0.25) is 0 Å². The molecular formula is C57H48N10O12S2. The van der Waals surface area contributed by atoms with Gasteiger partial charge < -0.3 is 21.3 Å². The first-order valence-electron chi connectivity index (χ1n) is 25.4. The van der Waals surface area contributed by atoms with Crippen molar-refractivity contribution < 1.29 is 57.5 Å². The monoisotopic (exact) mass is 1130 g/mol. The summed E-state index contributed by atoms with van der Waals surface area (Å²) < 4.78 is 0. The number of fused-ring (bicyclic) bond motifs is 3. The van der Waals surface area contributed by atoms with Gasteiger partial charge in [0.25, 0.3) is 47.3 Å². The van der Waals surface area contributed by atoms with Crippen LogP contribution in [0.4, 0.5) is 17.1 Å². The Hall–Kier alpha value is -9.81. The van der Waals surface area contributed by atoms with Crippen molar-refractivity contribution in [3.8, 4) is 0 Å². The van der Waals surface area contributed by atoms with Crippen molar-refractivity contribution >= 4 is 111 Å². The van der Waals surface area contributed by atoms with Gasteiger partial charge in [-0.15, -0.1) is 22.7 Å². The molecule has 3 aromatic heterocycles. The molecule has 9 heterocycles. The zero-order valence-corrected chi connectivity index (χ0v) is 44.6. The molecule has 6 aliphatic heterocycles. The van der Waals surface area contributed by atoms with E-state index < -0.39 is 76.7 Å². The number of aromatic nitrogens is 1. The normalized spacial score (nSPS) is 20.1. The van der Waals surface area contributed by atoms with Gasteiger partial charge in [0.2, 0.25) is 23.6 Å². The van der Waals surface area contributed by atoms with E-state index >= 15 is 0 Å². The zero-order valence-electron chi connectivity index (χ0n) is 43.0. The summed E-state index contributed by atoms with van der Waals surface area (Å²) in [6.07, 6.45) is 4.66. The van der Waals surface area contributed by atoms with Crippen LogP contribution in [0.5, 0.6) is 0 Å². The van der Waals surface area contributed by atoms with Crippen LogP contribution in [0.25, 0.3) is 0 Å². The van der Waals surface area contributed by atoms with Gasteiger partial charge in [0.1, 0.15) is 17.6 Å². The van der Waals surface area contributed by atoms with Gasteiger partial charge in [-0.05, 0) is 104 Å². The van der Waals surface area contributed by atoms with Crippen LogP contribution < -0.4 is 31.9 Å². The van der Waals surface area contributed by atoms with Gasteiger partial charge in [-0.25, -0.2) is 0 Å². The maximum atomic E-state index is 13.1. The Morgan fingerprint density at radius 1 is 0.605 bits per heavy atom. The van der Waals surface area contributed by atoms with E-state index in [9.17, 15) is 57.5 Å². The maximum absolute atomic E-state index is 13.1. The summed E-state index contributed by atoms with van der Waals surface area (Å²) in [5.41, 5.74) is 2.74. The van der Waals surface area contributed by atoms with Crippen LogP contribution in [-0.2, 0) is 37.1 Å². The Kier molecular flexibility index (Phi) is 15.2. The van der Waals surface area contributed by atoms with Gasteiger partial charge in [-0.1, -0.05) is 43.0 Å². The summed E-state index contributed by atoms with van der Waals surface area (Å²) in [5, 5.41) is 19.8. The molecule has 0 spiro atoms. The number of nitrogens with zero attached hydrogens (tertiary/aromatic N) is 4. The molecular weight excluding hydrogens is 1080 g/mol. The van der Waals surface area contributed by atoms with Crippen molar-refractivity contribution in [2.75, 3.05) is 16.0 Å². The number of allylic oxidation sites excluding steroid dienone is 1. The molecule has 3 atom stereocenters. The number of pyridine rings is 1. The third-order valence-corrected chi connectivity index (χ3v) is 16.0. The Morgan fingerprint density at radius 3 is 1.74 bits per heavy atom. The number of anilines is 3. The Bertz CT molecular complexity index is 3680. The van der Waals surface area contributed by atoms with Gasteiger partial charge >= 0.3 is 0 Å². The van der Waals surface area contributed by atoms with Gasteiger partial charge in [0.15, 0.2) is 0 Å². The molecule has 81 heavy (non-hydrogen) atoms. The van der Waals surface area contributed by atoms with Crippen molar-refractivity contribution in [3.05, 3.63) is 175 Å². The average Bonchev–Trinajstić information content (AvgIpc) is 4.36. The number of rotatable bonds is 11. The van der Waals surface area contributed by atoms with Crippen LogP contribution in [0, 0.1) is 0 Å². The summed E-state index contributed by atoms with van der Waals surface area (Å²) in [7, 11) is 0. The third-order valence-electron chi connectivity index (χ3n) is 14.3. The third kappa shape index (κ3) is 10.5. The van der Waals surface area contributed by atoms with E-state index in [0.29, 0.717) is 59.0 Å². The first-order valence-corrected chi connectivity index (χ1v) is 27.1. The molecule has 0 radical (unpaired) electrons. The van der Waals surface area contributed by atoms with E-state index in [1.165, 1.54) is 30.4 Å². The lowest BCUT2D eigenvalue weighted by Crippen LogP contribution is -2.62. The highest BCUT2D eigenvalue weighted by Crippen LogP contribution is 2.38. The second kappa shape index (κ2) is 22.5. The van der Waals surface area contributed by atoms with Crippen LogP contribution in [0.15, 0.2) is 126 Å². The number of thiophene rings is 2. The number of carbonyl (C=O) groups is 12. The predicted octanol–water partition coefficient (Wildman–Crippen LogP) is 5.64. The molecule has 22 nitrogen and oxygen atoms in total. The lowest BCUT2D eigenvalue weighted by atomic mass is 9.89. The van der Waals surface area contributed by atoms with E-state index in [1.807, 2.05) is 29.6 Å². The predicted molar refractivity (Wildman–Crippen MR) is 294 cm³/mol. The Morgan fingerprint density at radius 2 is 1.17 bits per heavy atom. The fourth-order valence-electron chi connectivity index (χ4n) is 10.1. The Balaban J connectivity index is 0.000000136. The Labute approximate surface area is 469 Å². The SMILES string of the molecule is C=C1CCC(N2C(=O)c3cccc(NCc4cccnc4)c3C2=O)C(=O)N1.CC1(N2C(=O)c3cccc(NC(=O)c4cccs4)c3C2=O)CCC(=O)NC1=O.O=C1CCC(N2C(=O)c3cccc(NCc4cccs4)c3C2=O)C(=O)N1. The van der Waals surface area contributed by atoms with Crippen molar-refractivity contribution in [2.24, 2.45) is 0 Å². The zero-order chi connectivity index (χ0) is 57.3. The minimum atomic E-state index is -1.48. The topological polar surface area (TPSA) is 300 Å². The average molecular weight is 1130 g/mol. The first kappa shape index (κ1) is 54.5. The molecule has 3 fully saturated rings. The van der Waals surface area contributed by atoms with Crippen molar-refractivity contribution in [1.82, 2.24) is 35.6 Å². The molecule has 410 valence electrons. The molecule has 6 aromatic rings. The summed E-state index contributed by atoms with van der Waals surface area (Å²) in [4.78, 5) is 158. The summed E-state index contributed by atoms with van der Waals surface area (Å²) in [6.45, 7) is 6.20. The molecule has 0 saturated carbocycles. The van der Waals surface area contributed by atoms with E-state index in [1.54, 1.807) is 83.7 Å². The van der Waals surface area contributed by atoms with Gasteiger partial charge in [0.05, 0.1) is 43.9 Å². The highest BCUT2D eigenvalue weighted by atomic mass is 32.1. The van der Waals surface area contributed by atoms with Crippen molar-refractivity contribution in [3.63, 3.8) is 0 Å². The highest BCUT2D eigenvalue weighted by molar-refractivity contribution is 7.12. The number of nitrogens with one attached hydrogen (secondary N) is 6. The van der Waals surface area contributed by atoms with Crippen LogP contribution in [-0.4, -0.2) is 108 Å². The number of hydrogen-bond donors (Lipinski definition) is 6. The molecule has 12 rings (SSSR count). The van der Waals surface area contributed by atoms with E-state index in [2.05, 4.69) is 43.5 Å². The lowest BCUT2D eigenvalue weighted by Gasteiger charge is -2.38. The molecule has 6 aliphatic rings. The minimum Gasteiger partial charge on any atom is -0.380 e. The number of hydrogen-bond acceptors (Lipinski definition) is 17. The fraction of sp³-hybridized carbons (Fsp3) is 0.211. The smallest absolute Gasteiger partial charge is 0.265 e. The standard InChI is InChI=1S/C20H18N4O3.C19H15N3O5S.C18H15N3O4S/c1-12-7-8-16(18(25)23-12)24-19(26)14-5-2-6-15(17(14)20(24)27)22-11-13-4-3-9-21-10-13;1-19(8-7-13(23)21-18(19)27)22-16(25)10-4-2-5-11(14(10)17(22)26)20-15(24)12-6-3-9-28-12;22-14-7-6-13(16(23)20-14)21-17(24)11-4-1-5-12(15(11)18(21)25)19-9-10-3-2-8-26-10/h2-6,9-10,16,22H,1,7-8,11H2,(H,23,25);2-6,9H,7-8H2,1H3,(H,20,24)(H,21,23,27);1-5,8,13,19H,6-7,9H2,(H,20,22,23). The number of carbonyl (C=O) groups excluding carboxylic acids is 12. The van der Waals surface area contributed by atoms with Crippen LogP contribution >= 0.6 is 22.7 Å². The number of benzene rings is 3. The molecule has 3 saturated heterocycles. The highest BCUT2D eigenvalue weighted by Gasteiger charge is 2.54. The largest absolute Gasteiger partial charge is 0.380 e. The van der Waals surface area contributed by atoms with Crippen LogP contribution in [0.1, 0.15) is 128 Å². The number of amides is 12. The van der Waals surface area contributed by atoms with Gasteiger partial charge in [-0.3, -0.25) is 87.9 Å². The molecule has 24 heteroatoms. The maximum Gasteiger partial charge on any atom is 0.265 e. The van der Waals surface area contributed by atoms with Crippen molar-refractivity contribution in [1.29, 1.82) is 0 Å². The van der Waals surface area contributed by atoms with Gasteiger partial charge in [-0.2, -0.15) is 0 Å². The molecule has 0 aliphatic carbocycles. The molecule has 6 N–H and O–H groups in total. The lowest BCUT2D eigenvalue weighted by molar-refractivity contribution is -0.141. The fourth-order valence-corrected chi connectivity index (χ4v) is 11.4. The van der Waals surface area contributed by atoms with Gasteiger partial charge in [0, 0.05) is 60.3 Å². The molecule has 3 unspecified atom stereocenters. The van der Waals surface area contributed by atoms with Crippen molar-refractivity contribution in [2.45, 2.75) is 76.2 Å². The van der Waals surface area contributed by atoms with Crippen LogP contribution in [0.3, 0.4) is 0 Å². The van der Waals surface area contributed by atoms with E-state index in [4.69, 9.17) is 0 Å². The summed E-state index contributed by atoms with van der Waals surface area (Å²) in [6, 6.07) is 24.0. The second-order valence-corrected chi connectivity index (χ2v) is 21.4. The quantitative estimate of drug-likeness (QED) is 0.0857. The van der Waals surface area contributed by atoms with E-state index in [-0.39, 0.29) is 65.4 Å².